The minimum Gasteiger partial charge on any atom is -0.316 e. The van der Waals surface area contributed by atoms with Gasteiger partial charge in [0.1, 0.15) is 0 Å². The van der Waals surface area contributed by atoms with Crippen molar-refractivity contribution in [2.45, 2.75) is 64.0 Å². The van der Waals surface area contributed by atoms with Crippen LogP contribution in [0.5, 0.6) is 0 Å². The highest BCUT2D eigenvalue weighted by Gasteiger charge is 2.31. The van der Waals surface area contributed by atoms with E-state index in [1.54, 1.807) is 0 Å². The van der Waals surface area contributed by atoms with Gasteiger partial charge in [-0.2, -0.15) is 0 Å². The van der Waals surface area contributed by atoms with Crippen LogP contribution in [0.4, 0.5) is 0 Å². The highest BCUT2D eigenvalue weighted by molar-refractivity contribution is 4.88. The Labute approximate surface area is 101 Å². The number of likely N-dealkylation sites (tertiary alicyclic amines) is 1. The van der Waals surface area contributed by atoms with Gasteiger partial charge in [0.2, 0.25) is 0 Å². The summed E-state index contributed by atoms with van der Waals surface area (Å²) in [7, 11) is 2.11. The van der Waals surface area contributed by atoms with E-state index in [-0.39, 0.29) is 0 Å². The van der Waals surface area contributed by atoms with Crippen molar-refractivity contribution in [2.75, 3.05) is 20.1 Å². The molecular weight excluding hydrogens is 196 g/mol. The molecule has 1 saturated heterocycles. The van der Waals surface area contributed by atoms with E-state index < -0.39 is 0 Å². The van der Waals surface area contributed by atoms with Gasteiger partial charge in [-0.15, -0.1) is 0 Å². The van der Waals surface area contributed by atoms with Gasteiger partial charge < -0.3 is 5.32 Å². The zero-order valence-corrected chi connectivity index (χ0v) is 11.0. The highest BCUT2D eigenvalue weighted by Crippen LogP contribution is 2.32. The van der Waals surface area contributed by atoms with Crippen molar-refractivity contribution in [1.29, 1.82) is 0 Å². The van der Waals surface area contributed by atoms with Crippen LogP contribution in [0, 0.1) is 5.92 Å². The zero-order valence-electron chi connectivity index (χ0n) is 11.0. The Morgan fingerprint density at radius 1 is 1.19 bits per heavy atom. The van der Waals surface area contributed by atoms with Crippen LogP contribution in [0.25, 0.3) is 0 Å². The quantitative estimate of drug-likeness (QED) is 0.790. The summed E-state index contributed by atoms with van der Waals surface area (Å²) in [5.41, 5.74) is 0. The summed E-state index contributed by atoms with van der Waals surface area (Å²) in [6, 6.07) is 1.62. The van der Waals surface area contributed by atoms with Gasteiger partial charge in [0, 0.05) is 25.2 Å². The fourth-order valence-electron chi connectivity index (χ4n) is 3.73. The van der Waals surface area contributed by atoms with E-state index in [9.17, 15) is 0 Å². The van der Waals surface area contributed by atoms with Gasteiger partial charge in [-0.3, -0.25) is 4.90 Å². The summed E-state index contributed by atoms with van der Waals surface area (Å²) in [5, 5.41) is 3.43. The smallest absolute Gasteiger partial charge is 0.0204 e. The fraction of sp³-hybridized carbons (Fsp3) is 1.00. The Morgan fingerprint density at radius 3 is 2.50 bits per heavy atom. The van der Waals surface area contributed by atoms with Crippen molar-refractivity contribution < 1.29 is 0 Å². The van der Waals surface area contributed by atoms with E-state index >= 15 is 0 Å². The van der Waals surface area contributed by atoms with Crippen molar-refractivity contribution in [3.63, 3.8) is 0 Å². The molecule has 1 saturated carbocycles. The first kappa shape index (κ1) is 12.4. The molecule has 2 atom stereocenters. The molecule has 1 N–H and O–H groups in total. The lowest BCUT2D eigenvalue weighted by atomic mass is 9.82. The molecule has 1 aliphatic heterocycles. The summed E-state index contributed by atoms with van der Waals surface area (Å²) < 4.78 is 0. The SMILES string of the molecule is CCC(C1CCCCC1)N1CCC(NC)C1. The molecule has 2 heteroatoms. The number of nitrogens with one attached hydrogen (secondary N) is 1. The lowest BCUT2D eigenvalue weighted by Crippen LogP contribution is -2.41. The normalized spacial score (nSPS) is 30.8. The Kier molecular flexibility index (Phi) is 4.66. The molecule has 0 aromatic heterocycles. The van der Waals surface area contributed by atoms with Crippen LogP contribution >= 0.6 is 0 Å². The van der Waals surface area contributed by atoms with Crippen LogP contribution in [0.3, 0.4) is 0 Å². The molecule has 0 spiro atoms. The van der Waals surface area contributed by atoms with Crippen LogP contribution in [-0.2, 0) is 0 Å². The Balaban J connectivity index is 1.88. The van der Waals surface area contributed by atoms with E-state index in [4.69, 9.17) is 0 Å². The lowest BCUT2D eigenvalue weighted by molar-refractivity contribution is 0.136. The average Bonchev–Trinajstić information content (AvgIpc) is 2.80. The molecular formula is C14H28N2. The zero-order chi connectivity index (χ0) is 11.4. The first-order chi connectivity index (χ1) is 7.85. The maximum Gasteiger partial charge on any atom is 0.0204 e. The van der Waals surface area contributed by atoms with Crippen molar-refractivity contribution in [2.24, 2.45) is 5.92 Å². The number of nitrogens with zero attached hydrogens (tertiary/aromatic N) is 1. The standard InChI is InChI=1S/C14H28N2/c1-3-14(12-7-5-4-6-8-12)16-10-9-13(11-16)15-2/h12-15H,3-11H2,1-2H3. The lowest BCUT2D eigenvalue weighted by Gasteiger charge is -2.36. The minimum atomic E-state index is 0.748. The molecule has 16 heavy (non-hydrogen) atoms. The van der Waals surface area contributed by atoms with Crippen LogP contribution in [0.1, 0.15) is 51.9 Å². The van der Waals surface area contributed by atoms with E-state index in [1.165, 1.54) is 58.0 Å². The van der Waals surface area contributed by atoms with E-state index in [2.05, 4.69) is 24.2 Å². The maximum absolute atomic E-state index is 3.43. The van der Waals surface area contributed by atoms with Crippen LogP contribution in [-0.4, -0.2) is 37.1 Å². The molecule has 94 valence electrons. The van der Waals surface area contributed by atoms with Gasteiger partial charge in [-0.25, -0.2) is 0 Å². The topological polar surface area (TPSA) is 15.3 Å². The summed E-state index contributed by atoms with van der Waals surface area (Å²) >= 11 is 0. The number of likely N-dealkylation sites (N-methyl/N-ethyl adjacent to an activating group) is 1. The largest absolute Gasteiger partial charge is 0.316 e. The molecule has 1 heterocycles. The third-order valence-corrected chi connectivity index (χ3v) is 4.71. The summed E-state index contributed by atoms with van der Waals surface area (Å²) in [4.78, 5) is 2.76. The van der Waals surface area contributed by atoms with Gasteiger partial charge in [0.25, 0.3) is 0 Å². The van der Waals surface area contributed by atoms with Gasteiger partial charge in [0.05, 0.1) is 0 Å². The van der Waals surface area contributed by atoms with Crippen molar-refractivity contribution in [3.8, 4) is 0 Å². The summed E-state index contributed by atoms with van der Waals surface area (Å²) in [6.07, 6.45) is 10.1. The second kappa shape index (κ2) is 6.02. The van der Waals surface area contributed by atoms with Gasteiger partial charge in [0.15, 0.2) is 0 Å². The fourth-order valence-corrected chi connectivity index (χ4v) is 3.73. The molecule has 2 unspecified atom stereocenters. The number of hydrogen-bond donors (Lipinski definition) is 1. The predicted molar refractivity (Wildman–Crippen MR) is 69.7 cm³/mol. The maximum atomic E-state index is 3.43. The van der Waals surface area contributed by atoms with E-state index in [1.807, 2.05) is 0 Å². The average molecular weight is 224 g/mol. The Bertz CT molecular complexity index is 199. The van der Waals surface area contributed by atoms with E-state index in [0.717, 1.165) is 18.0 Å². The van der Waals surface area contributed by atoms with Gasteiger partial charge in [-0.05, 0) is 38.6 Å². The van der Waals surface area contributed by atoms with Crippen molar-refractivity contribution in [1.82, 2.24) is 10.2 Å². The van der Waals surface area contributed by atoms with Crippen LogP contribution in [0.2, 0.25) is 0 Å². The summed E-state index contributed by atoms with van der Waals surface area (Å²) in [5.74, 6) is 0.995. The molecule has 0 aromatic carbocycles. The van der Waals surface area contributed by atoms with Crippen LogP contribution < -0.4 is 5.32 Å². The Hall–Kier alpha value is -0.0800. The third-order valence-electron chi connectivity index (χ3n) is 4.71. The predicted octanol–water partition coefficient (Wildman–Crippen LogP) is 2.64. The molecule has 2 fully saturated rings. The summed E-state index contributed by atoms with van der Waals surface area (Å²) in [6.45, 7) is 4.98. The molecule has 0 amide bonds. The van der Waals surface area contributed by atoms with Crippen molar-refractivity contribution >= 4 is 0 Å². The minimum absolute atomic E-state index is 0.748. The second-order valence-corrected chi connectivity index (χ2v) is 5.64. The molecule has 0 bridgehead atoms. The Morgan fingerprint density at radius 2 is 1.94 bits per heavy atom. The molecule has 0 radical (unpaired) electrons. The second-order valence-electron chi connectivity index (χ2n) is 5.64. The molecule has 2 nitrogen and oxygen atoms in total. The molecule has 2 aliphatic rings. The number of rotatable bonds is 4. The third kappa shape index (κ3) is 2.78. The van der Waals surface area contributed by atoms with Crippen molar-refractivity contribution in [3.05, 3.63) is 0 Å². The molecule has 1 aliphatic carbocycles. The monoisotopic (exact) mass is 224 g/mol. The first-order valence-electron chi connectivity index (χ1n) is 7.26. The number of hydrogen-bond acceptors (Lipinski definition) is 2. The highest BCUT2D eigenvalue weighted by atomic mass is 15.2. The van der Waals surface area contributed by atoms with Gasteiger partial charge >= 0.3 is 0 Å². The van der Waals surface area contributed by atoms with Crippen LogP contribution in [0.15, 0.2) is 0 Å². The van der Waals surface area contributed by atoms with Gasteiger partial charge in [-0.1, -0.05) is 26.2 Å². The van der Waals surface area contributed by atoms with E-state index in [0.29, 0.717) is 0 Å². The molecule has 0 aromatic rings. The first-order valence-corrected chi connectivity index (χ1v) is 7.26. The molecule has 2 rings (SSSR count).